The smallest absolute Gasteiger partial charge is 0.338 e. The molecule has 0 spiro atoms. The molecule has 0 aliphatic rings. The number of pyridine rings is 2. The highest BCUT2D eigenvalue weighted by atomic mass is 127. The van der Waals surface area contributed by atoms with Crippen LogP contribution in [0.2, 0.25) is 0 Å². The molecule has 4 heterocycles. The Hall–Kier alpha value is -4.20. The van der Waals surface area contributed by atoms with Gasteiger partial charge in [-0.2, -0.15) is 0 Å². The largest absolute Gasteiger partial charge is 0.465 e. The summed E-state index contributed by atoms with van der Waals surface area (Å²) >= 11 is 2.21. The number of hydrogen-bond acceptors (Lipinski definition) is 8. The van der Waals surface area contributed by atoms with Gasteiger partial charge in [-0.1, -0.05) is 6.07 Å². The number of unbranched alkanes of at least 4 members (excludes halogenated alkanes) is 1. The van der Waals surface area contributed by atoms with E-state index < -0.39 is 0 Å². The number of rotatable bonds is 8. The summed E-state index contributed by atoms with van der Waals surface area (Å²) in [7, 11) is 5.20. The maximum Gasteiger partial charge on any atom is 0.338 e. The summed E-state index contributed by atoms with van der Waals surface area (Å²) in [4.78, 5) is 29.6. The Bertz CT molecular complexity index is 1930. The van der Waals surface area contributed by atoms with Crippen LogP contribution in [0.4, 0.5) is 0 Å². The van der Waals surface area contributed by atoms with Crippen molar-refractivity contribution in [2.24, 2.45) is 14.1 Å². The molecule has 11 heteroatoms. The van der Waals surface area contributed by atoms with E-state index in [1.54, 1.807) is 31.1 Å². The SMILES string of the molecule is COC(=O)c1cc(-c2cncn2C)nc2ccc(I)cc12.Cn1cncc1-c1cc(CO)c2cc(CCCCO)ccc2n1. The quantitative estimate of drug-likeness (QED) is 0.121. The second-order valence-electron chi connectivity index (χ2n) is 10.3. The van der Waals surface area contributed by atoms with Gasteiger partial charge in [0.15, 0.2) is 0 Å². The Morgan fingerprint density at radius 1 is 0.841 bits per heavy atom. The number of hydrogen-bond donors (Lipinski definition) is 2. The Morgan fingerprint density at radius 2 is 1.48 bits per heavy atom. The van der Waals surface area contributed by atoms with E-state index >= 15 is 0 Å². The number of benzene rings is 2. The average Bonchev–Trinajstić information content (AvgIpc) is 3.67. The second kappa shape index (κ2) is 14.1. The van der Waals surface area contributed by atoms with E-state index in [9.17, 15) is 9.90 Å². The lowest BCUT2D eigenvalue weighted by molar-refractivity contribution is 0.0603. The lowest BCUT2D eigenvalue weighted by Crippen LogP contribution is -2.04. The van der Waals surface area contributed by atoms with Crippen LogP contribution in [0.5, 0.6) is 0 Å². The lowest BCUT2D eigenvalue weighted by Gasteiger charge is -2.10. The van der Waals surface area contributed by atoms with Crippen molar-refractivity contribution < 1.29 is 19.7 Å². The number of aromatic nitrogens is 6. The van der Waals surface area contributed by atoms with Crippen molar-refractivity contribution in [3.05, 3.63) is 93.8 Å². The zero-order valence-electron chi connectivity index (χ0n) is 24.7. The van der Waals surface area contributed by atoms with Crippen LogP contribution < -0.4 is 0 Å². The predicted octanol–water partition coefficient (Wildman–Crippen LogP) is 5.47. The van der Waals surface area contributed by atoms with E-state index in [1.165, 1.54) is 12.7 Å². The number of aryl methyl sites for hydroxylation is 3. The molecule has 0 unspecified atom stereocenters. The van der Waals surface area contributed by atoms with Gasteiger partial charge >= 0.3 is 5.97 Å². The fraction of sp³-hybridized carbons (Fsp3) is 0.242. The van der Waals surface area contributed by atoms with Gasteiger partial charge < -0.3 is 24.1 Å². The molecule has 4 aromatic heterocycles. The molecule has 0 fully saturated rings. The number of ether oxygens (including phenoxy) is 1. The molecule has 0 aliphatic carbocycles. The molecule has 226 valence electrons. The van der Waals surface area contributed by atoms with Crippen LogP contribution in [0.15, 0.2) is 73.6 Å². The van der Waals surface area contributed by atoms with Crippen molar-refractivity contribution >= 4 is 50.4 Å². The van der Waals surface area contributed by atoms with E-state index in [-0.39, 0.29) is 19.2 Å². The highest BCUT2D eigenvalue weighted by Gasteiger charge is 2.16. The summed E-state index contributed by atoms with van der Waals surface area (Å²) in [6, 6.07) is 15.6. The lowest BCUT2D eigenvalue weighted by atomic mass is 10.0. The van der Waals surface area contributed by atoms with Crippen molar-refractivity contribution in [2.45, 2.75) is 25.9 Å². The molecule has 0 atom stereocenters. The van der Waals surface area contributed by atoms with Crippen molar-refractivity contribution in [1.82, 2.24) is 29.1 Å². The third kappa shape index (κ3) is 6.79. The standard InChI is InChI=1S/C18H21N3O2.C15H12IN3O2/c1-21-12-19-10-18(21)17-9-14(11-23)15-8-13(4-2-3-7-22)5-6-16(15)20-17;1-19-8-17-7-14(19)13-6-11(15(20)21-2)10-5-9(16)3-4-12(10)18-13/h5-6,8-10,12,22-23H,2-4,7,11H2,1H3;3-8H,1-2H3. The van der Waals surface area contributed by atoms with Gasteiger partial charge in [0.25, 0.3) is 0 Å². The highest BCUT2D eigenvalue weighted by Crippen LogP contribution is 2.27. The maximum atomic E-state index is 12.1. The van der Waals surface area contributed by atoms with Gasteiger partial charge in [0.2, 0.25) is 0 Å². The Labute approximate surface area is 268 Å². The summed E-state index contributed by atoms with van der Waals surface area (Å²) in [5, 5.41) is 20.4. The molecule has 44 heavy (non-hydrogen) atoms. The van der Waals surface area contributed by atoms with Gasteiger partial charge in [-0.15, -0.1) is 0 Å². The van der Waals surface area contributed by atoms with Gasteiger partial charge in [0.1, 0.15) is 0 Å². The monoisotopic (exact) mass is 704 g/mol. The molecule has 6 rings (SSSR count). The van der Waals surface area contributed by atoms with E-state index in [4.69, 9.17) is 14.8 Å². The first-order chi connectivity index (χ1) is 21.3. The minimum Gasteiger partial charge on any atom is -0.465 e. The van der Waals surface area contributed by atoms with Gasteiger partial charge in [0, 0.05) is 35.0 Å². The molecule has 10 nitrogen and oxygen atoms in total. The Balaban J connectivity index is 0.000000175. The molecule has 0 saturated carbocycles. The third-order valence-electron chi connectivity index (χ3n) is 7.34. The van der Waals surface area contributed by atoms with Crippen LogP contribution in [0.3, 0.4) is 0 Å². The number of aliphatic hydroxyl groups excluding tert-OH is 2. The van der Waals surface area contributed by atoms with E-state index in [0.29, 0.717) is 11.3 Å². The van der Waals surface area contributed by atoms with E-state index in [2.05, 4.69) is 49.7 Å². The summed E-state index contributed by atoms with van der Waals surface area (Å²) in [5.41, 5.74) is 7.50. The summed E-state index contributed by atoms with van der Waals surface area (Å²) in [6.07, 6.45) is 9.63. The number of carbonyl (C=O) groups is 1. The molecule has 0 radical (unpaired) electrons. The summed E-state index contributed by atoms with van der Waals surface area (Å²) in [5.74, 6) is -0.368. The van der Waals surface area contributed by atoms with Crippen molar-refractivity contribution in [2.75, 3.05) is 13.7 Å². The predicted molar refractivity (Wildman–Crippen MR) is 178 cm³/mol. The number of halogens is 1. The molecule has 0 bridgehead atoms. The van der Waals surface area contributed by atoms with E-state index in [0.717, 1.165) is 67.3 Å². The van der Waals surface area contributed by atoms with Crippen molar-refractivity contribution in [3.63, 3.8) is 0 Å². The van der Waals surface area contributed by atoms with Crippen LogP contribution in [-0.4, -0.2) is 59.0 Å². The third-order valence-corrected chi connectivity index (χ3v) is 8.01. The Kier molecular flexibility index (Phi) is 9.98. The van der Waals surface area contributed by atoms with Crippen molar-refractivity contribution in [3.8, 4) is 22.8 Å². The molecule has 6 aromatic rings. The number of aliphatic hydroxyl groups is 2. The molecule has 2 N–H and O–H groups in total. The van der Waals surface area contributed by atoms with Gasteiger partial charge in [-0.3, -0.25) is 0 Å². The van der Waals surface area contributed by atoms with Crippen molar-refractivity contribution in [1.29, 1.82) is 0 Å². The molecule has 0 aliphatic heterocycles. The minimum absolute atomic E-state index is 0.0238. The van der Waals surface area contributed by atoms with Crippen LogP contribution in [0, 0.1) is 3.57 Å². The zero-order chi connectivity index (χ0) is 31.2. The first-order valence-corrected chi connectivity index (χ1v) is 15.2. The first-order valence-electron chi connectivity index (χ1n) is 14.1. The van der Waals surface area contributed by atoms with Gasteiger partial charge in [-0.05, 0) is 95.4 Å². The number of carbonyl (C=O) groups excluding carboxylic acids is 1. The number of fused-ring (bicyclic) bond motifs is 2. The number of esters is 1. The Morgan fingerprint density at radius 3 is 2.07 bits per heavy atom. The zero-order valence-corrected chi connectivity index (χ0v) is 26.9. The van der Waals surface area contributed by atoms with Crippen LogP contribution in [-0.2, 0) is 31.9 Å². The highest BCUT2D eigenvalue weighted by molar-refractivity contribution is 14.1. The second-order valence-corrected chi connectivity index (χ2v) is 11.6. The van der Waals surface area contributed by atoms with Crippen LogP contribution >= 0.6 is 22.6 Å². The molecular weight excluding hydrogens is 671 g/mol. The van der Waals surface area contributed by atoms with Crippen LogP contribution in [0.25, 0.3) is 44.6 Å². The normalized spacial score (nSPS) is 11.0. The summed E-state index contributed by atoms with van der Waals surface area (Å²) in [6.45, 7) is 0.203. The number of methoxy groups -OCH3 is 1. The first kappa shape index (κ1) is 31.2. The molecular formula is C33H33IN6O4. The fourth-order valence-electron chi connectivity index (χ4n) is 5.02. The van der Waals surface area contributed by atoms with Gasteiger partial charge in [0.05, 0.1) is 78.1 Å². The molecule has 0 saturated heterocycles. The minimum atomic E-state index is -0.368. The fourth-order valence-corrected chi connectivity index (χ4v) is 5.51. The topological polar surface area (TPSA) is 128 Å². The molecule has 0 amide bonds. The van der Waals surface area contributed by atoms with E-state index in [1.807, 2.05) is 53.6 Å². The van der Waals surface area contributed by atoms with Crippen LogP contribution in [0.1, 0.15) is 34.3 Å². The number of imidazole rings is 2. The molecule has 2 aromatic carbocycles. The number of nitrogens with zero attached hydrogens (tertiary/aromatic N) is 6. The van der Waals surface area contributed by atoms with Gasteiger partial charge in [-0.25, -0.2) is 24.7 Å². The average molecular weight is 705 g/mol. The maximum absolute atomic E-state index is 12.1. The summed E-state index contributed by atoms with van der Waals surface area (Å²) < 4.78 is 9.72.